The molecule has 1 amide bonds. The maximum absolute atomic E-state index is 12.4. The van der Waals surface area contributed by atoms with Gasteiger partial charge in [0.2, 0.25) is 0 Å². The van der Waals surface area contributed by atoms with E-state index in [1.807, 2.05) is 0 Å². The van der Waals surface area contributed by atoms with Gasteiger partial charge in [-0.05, 0) is 69.3 Å². The Balaban J connectivity index is 1.34. The SMILES string of the molecule is CC(=O)c1cc(C(=O)OCC(=O)NC23CC4CC(CC(C4)C2)C3)n(C)c1. The molecular weight excluding hydrogens is 332 g/mol. The summed E-state index contributed by atoms with van der Waals surface area (Å²) in [5.74, 6) is 1.33. The summed E-state index contributed by atoms with van der Waals surface area (Å²) in [6.07, 6.45) is 8.74. The van der Waals surface area contributed by atoms with Crippen LogP contribution in [-0.2, 0) is 16.6 Å². The van der Waals surface area contributed by atoms with Gasteiger partial charge in [-0.2, -0.15) is 0 Å². The maximum atomic E-state index is 12.4. The van der Waals surface area contributed by atoms with Crippen molar-refractivity contribution in [2.75, 3.05) is 6.61 Å². The number of nitrogens with one attached hydrogen (secondary N) is 1. The summed E-state index contributed by atoms with van der Waals surface area (Å²) in [5.41, 5.74) is 0.653. The van der Waals surface area contributed by atoms with Gasteiger partial charge in [-0.3, -0.25) is 9.59 Å². The minimum atomic E-state index is -0.583. The van der Waals surface area contributed by atoms with E-state index in [2.05, 4.69) is 5.32 Å². The zero-order chi connectivity index (χ0) is 18.5. The molecular formula is C20H26N2O4. The Kier molecular flexibility index (Phi) is 4.16. The van der Waals surface area contributed by atoms with Gasteiger partial charge in [0.05, 0.1) is 0 Å². The average Bonchev–Trinajstić information content (AvgIpc) is 2.93. The van der Waals surface area contributed by atoms with Crippen molar-refractivity contribution in [3.8, 4) is 0 Å². The van der Waals surface area contributed by atoms with Crippen LogP contribution in [0, 0.1) is 17.8 Å². The first kappa shape index (κ1) is 17.3. The van der Waals surface area contributed by atoms with Crippen LogP contribution < -0.4 is 5.32 Å². The van der Waals surface area contributed by atoms with Crippen LogP contribution in [0.4, 0.5) is 0 Å². The number of hydrogen-bond donors (Lipinski definition) is 1. The number of amides is 1. The van der Waals surface area contributed by atoms with Gasteiger partial charge >= 0.3 is 5.97 Å². The average molecular weight is 358 g/mol. The molecule has 0 radical (unpaired) electrons. The third-order valence-electron chi connectivity index (χ3n) is 6.40. The smallest absolute Gasteiger partial charge is 0.355 e. The highest BCUT2D eigenvalue weighted by atomic mass is 16.5. The highest BCUT2D eigenvalue weighted by molar-refractivity contribution is 5.98. The Labute approximate surface area is 153 Å². The molecule has 4 saturated carbocycles. The molecule has 4 bridgehead atoms. The van der Waals surface area contributed by atoms with Crippen molar-refractivity contribution in [3.05, 3.63) is 23.5 Å². The molecule has 0 atom stereocenters. The molecule has 0 aromatic carbocycles. The van der Waals surface area contributed by atoms with E-state index >= 15 is 0 Å². The number of ketones is 1. The Bertz CT molecular complexity index is 729. The van der Waals surface area contributed by atoms with Crippen LogP contribution in [0.25, 0.3) is 0 Å². The number of esters is 1. The van der Waals surface area contributed by atoms with E-state index in [9.17, 15) is 14.4 Å². The summed E-state index contributed by atoms with van der Waals surface area (Å²) in [7, 11) is 1.68. The summed E-state index contributed by atoms with van der Waals surface area (Å²) in [6.45, 7) is 1.17. The predicted molar refractivity (Wildman–Crippen MR) is 94.7 cm³/mol. The van der Waals surface area contributed by atoms with E-state index in [1.54, 1.807) is 17.8 Å². The lowest BCUT2D eigenvalue weighted by Crippen LogP contribution is -2.60. The molecule has 5 rings (SSSR count). The molecule has 0 aliphatic heterocycles. The third-order valence-corrected chi connectivity index (χ3v) is 6.40. The van der Waals surface area contributed by atoms with Gasteiger partial charge in [-0.25, -0.2) is 4.79 Å². The minimum absolute atomic E-state index is 0.0784. The number of hydrogen-bond acceptors (Lipinski definition) is 4. The van der Waals surface area contributed by atoms with Crippen LogP contribution in [0.5, 0.6) is 0 Å². The molecule has 4 fully saturated rings. The lowest BCUT2D eigenvalue weighted by Gasteiger charge is -2.56. The number of aromatic nitrogens is 1. The lowest BCUT2D eigenvalue weighted by atomic mass is 9.53. The summed E-state index contributed by atoms with van der Waals surface area (Å²) in [5, 5.41) is 3.19. The third kappa shape index (κ3) is 3.17. The van der Waals surface area contributed by atoms with Gasteiger partial charge in [0.15, 0.2) is 12.4 Å². The van der Waals surface area contributed by atoms with Crippen molar-refractivity contribution < 1.29 is 19.1 Å². The second kappa shape index (κ2) is 6.25. The van der Waals surface area contributed by atoms with Crippen LogP contribution >= 0.6 is 0 Å². The molecule has 0 spiro atoms. The van der Waals surface area contributed by atoms with Gasteiger partial charge in [-0.1, -0.05) is 0 Å². The Morgan fingerprint density at radius 3 is 2.23 bits per heavy atom. The zero-order valence-corrected chi connectivity index (χ0v) is 15.4. The van der Waals surface area contributed by atoms with E-state index < -0.39 is 5.97 Å². The summed E-state index contributed by atoms with van der Waals surface area (Å²) < 4.78 is 6.75. The van der Waals surface area contributed by atoms with Crippen molar-refractivity contribution in [2.24, 2.45) is 24.8 Å². The van der Waals surface area contributed by atoms with Crippen molar-refractivity contribution >= 4 is 17.7 Å². The van der Waals surface area contributed by atoms with Crippen LogP contribution in [0.2, 0.25) is 0 Å². The van der Waals surface area contributed by atoms with E-state index in [0.717, 1.165) is 37.0 Å². The summed E-state index contributed by atoms with van der Waals surface area (Å²) in [4.78, 5) is 36.1. The standard InChI is InChI=1S/C20H26N2O4/c1-12(23)16-6-17(22(2)10-16)19(25)26-11-18(24)21-20-7-13-3-14(8-20)5-15(4-13)9-20/h6,10,13-15H,3-5,7-9,11H2,1-2H3,(H,21,24). The van der Waals surface area contributed by atoms with Crippen LogP contribution in [0.15, 0.2) is 12.3 Å². The van der Waals surface area contributed by atoms with Crippen molar-refractivity contribution in [1.29, 1.82) is 0 Å². The number of carbonyl (C=O) groups excluding carboxylic acids is 3. The molecule has 1 N–H and O–H groups in total. The van der Waals surface area contributed by atoms with Crippen molar-refractivity contribution in [3.63, 3.8) is 0 Å². The van der Waals surface area contributed by atoms with Crippen LogP contribution in [0.1, 0.15) is 66.3 Å². The van der Waals surface area contributed by atoms with Crippen LogP contribution in [-0.4, -0.2) is 34.4 Å². The number of Topliss-reactive ketones (excluding diaryl/α,β-unsaturated/α-hetero) is 1. The molecule has 0 unspecified atom stereocenters. The number of nitrogens with zero attached hydrogens (tertiary/aromatic N) is 1. The lowest BCUT2D eigenvalue weighted by molar-refractivity contribution is -0.130. The minimum Gasteiger partial charge on any atom is -0.451 e. The van der Waals surface area contributed by atoms with E-state index in [-0.39, 0.29) is 29.5 Å². The number of rotatable bonds is 5. The Morgan fingerprint density at radius 1 is 1.15 bits per heavy atom. The first-order valence-corrected chi connectivity index (χ1v) is 9.49. The van der Waals surface area contributed by atoms with Gasteiger partial charge < -0.3 is 14.6 Å². The molecule has 1 aromatic rings. The molecule has 140 valence electrons. The van der Waals surface area contributed by atoms with Gasteiger partial charge in [-0.15, -0.1) is 0 Å². The highest BCUT2D eigenvalue weighted by Crippen LogP contribution is 2.55. The fourth-order valence-corrected chi connectivity index (χ4v) is 5.76. The van der Waals surface area contributed by atoms with Crippen LogP contribution in [0.3, 0.4) is 0 Å². The zero-order valence-electron chi connectivity index (χ0n) is 15.4. The first-order chi connectivity index (χ1) is 12.3. The van der Waals surface area contributed by atoms with E-state index in [4.69, 9.17) is 4.74 Å². The molecule has 26 heavy (non-hydrogen) atoms. The topological polar surface area (TPSA) is 77.4 Å². The second-order valence-corrected chi connectivity index (χ2v) is 8.60. The van der Waals surface area contributed by atoms with Gasteiger partial charge in [0.25, 0.3) is 5.91 Å². The quantitative estimate of drug-likeness (QED) is 0.648. The second-order valence-electron chi connectivity index (χ2n) is 8.60. The molecule has 1 heterocycles. The first-order valence-electron chi connectivity index (χ1n) is 9.49. The monoisotopic (exact) mass is 358 g/mol. The predicted octanol–water partition coefficient (Wildman–Crippen LogP) is 2.47. The molecule has 4 aliphatic carbocycles. The largest absolute Gasteiger partial charge is 0.451 e. The molecule has 1 aromatic heterocycles. The fraction of sp³-hybridized carbons (Fsp3) is 0.650. The summed E-state index contributed by atoms with van der Waals surface area (Å²) in [6, 6.07) is 1.50. The highest BCUT2D eigenvalue weighted by Gasteiger charge is 2.51. The number of carbonyl (C=O) groups is 3. The molecule has 6 nitrogen and oxygen atoms in total. The maximum Gasteiger partial charge on any atom is 0.355 e. The van der Waals surface area contributed by atoms with E-state index in [0.29, 0.717) is 5.56 Å². The normalized spacial score (nSPS) is 31.7. The Morgan fingerprint density at radius 2 is 1.73 bits per heavy atom. The fourth-order valence-electron chi connectivity index (χ4n) is 5.76. The Hall–Kier alpha value is -2.11. The van der Waals surface area contributed by atoms with E-state index in [1.165, 1.54) is 32.3 Å². The number of ether oxygens (including phenoxy) is 1. The van der Waals surface area contributed by atoms with Gasteiger partial charge in [0, 0.05) is 24.3 Å². The van der Waals surface area contributed by atoms with Gasteiger partial charge in [0.1, 0.15) is 5.69 Å². The molecule has 4 aliphatic rings. The van der Waals surface area contributed by atoms with Crippen molar-refractivity contribution in [2.45, 2.75) is 51.0 Å². The van der Waals surface area contributed by atoms with Crippen molar-refractivity contribution in [1.82, 2.24) is 9.88 Å². The summed E-state index contributed by atoms with van der Waals surface area (Å²) >= 11 is 0. The molecule has 0 saturated heterocycles. The molecule has 6 heteroatoms. The number of aryl methyl sites for hydroxylation is 1.